The van der Waals surface area contributed by atoms with Crippen molar-refractivity contribution < 1.29 is 44.1 Å². The van der Waals surface area contributed by atoms with Crippen molar-refractivity contribution in [2.45, 2.75) is 76.5 Å². The van der Waals surface area contributed by atoms with Crippen molar-refractivity contribution in [3.05, 3.63) is 0 Å². The largest absolute Gasteiger partial charge is 0.481 e. The quantitative estimate of drug-likeness (QED) is 0.0495. The van der Waals surface area contributed by atoms with Gasteiger partial charge in [-0.2, -0.15) is 0 Å². The average molecular weight is 532 g/mol. The van der Waals surface area contributed by atoms with Crippen LogP contribution in [0.4, 0.5) is 0 Å². The first-order valence-electron chi connectivity index (χ1n) is 11.5. The highest BCUT2D eigenvalue weighted by Gasteiger charge is 2.31. The van der Waals surface area contributed by atoms with Gasteiger partial charge in [0.05, 0.1) is 12.5 Å². The van der Waals surface area contributed by atoms with E-state index in [1.54, 1.807) is 0 Å². The Hall–Kier alpha value is -3.95. The van der Waals surface area contributed by atoms with E-state index in [4.69, 9.17) is 32.5 Å². The van der Waals surface area contributed by atoms with E-state index in [-0.39, 0.29) is 31.3 Å². The molecule has 0 aliphatic heterocycles. The number of carboxylic acids is 3. The van der Waals surface area contributed by atoms with Crippen molar-refractivity contribution >= 4 is 41.6 Å². The summed E-state index contributed by atoms with van der Waals surface area (Å²) >= 11 is 0. The first kappa shape index (κ1) is 33.0. The molecule has 16 nitrogen and oxygen atoms in total. The molecule has 4 atom stereocenters. The van der Waals surface area contributed by atoms with Crippen LogP contribution in [-0.4, -0.2) is 87.6 Å². The van der Waals surface area contributed by atoms with Crippen LogP contribution in [0.2, 0.25) is 0 Å². The number of hydrogen-bond donors (Lipinski definition) is 9. The number of carbonyl (C=O) groups is 6. The maximum Gasteiger partial charge on any atom is 0.326 e. The second kappa shape index (κ2) is 16.7. The highest BCUT2D eigenvalue weighted by molar-refractivity contribution is 5.94. The molecular weight excluding hydrogens is 494 g/mol. The van der Waals surface area contributed by atoms with Gasteiger partial charge in [0.2, 0.25) is 17.7 Å². The number of carbonyl (C=O) groups excluding carboxylic acids is 3. The van der Waals surface area contributed by atoms with Gasteiger partial charge in [-0.05, 0) is 31.6 Å². The molecule has 0 aromatic heterocycles. The van der Waals surface area contributed by atoms with Gasteiger partial charge in [0.15, 0.2) is 5.96 Å². The van der Waals surface area contributed by atoms with Gasteiger partial charge >= 0.3 is 17.9 Å². The fourth-order valence-corrected chi connectivity index (χ4v) is 3.12. The molecule has 0 fully saturated rings. The van der Waals surface area contributed by atoms with E-state index in [1.807, 2.05) is 19.2 Å². The topological polar surface area (TPSA) is 290 Å². The summed E-state index contributed by atoms with van der Waals surface area (Å²) in [5.74, 6) is -7.13. The lowest BCUT2D eigenvalue weighted by atomic mass is 10.0. The highest BCUT2D eigenvalue weighted by atomic mass is 16.4. The summed E-state index contributed by atoms with van der Waals surface area (Å²) in [6.45, 7) is 3.83. The van der Waals surface area contributed by atoms with Crippen molar-refractivity contribution in [3.63, 3.8) is 0 Å². The van der Waals surface area contributed by atoms with Crippen molar-refractivity contribution in [2.24, 2.45) is 28.1 Å². The minimum absolute atomic E-state index is 0.0206. The molecule has 0 rings (SSSR count). The Morgan fingerprint density at radius 3 is 1.76 bits per heavy atom. The summed E-state index contributed by atoms with van der Waals surface area (Å²) < 4.78 is 0. The van der Waals surface area contributed by atoms with Crippen LogP contribution in [0.3, 0.4) is 0 Å². The smallest absolute Gasteiger partial charge is 0.326 e. The number of nitrogens with two attached hydrogens (primary N) is 3. The molecule has 37 heavy (non-hydrogen) atoms. The molecule has 12 N–H and O–H groups in total. The molecular formula is C21H37N7O9. The SMILES string of the molecule is CC(C)CC(N)C(=O)NC(CCCN=C(N)N)C(=O)NC(CCC(=O)O)C(=O)NC(CC(=O)O)C(=O)O. The van der Waals surface area contributed by atoms with Crippen LogP contribution in [0.5, 0.6) is 0 Å². The number of nitrogens with one attached hydrogen (secondary N) is 3. The standard InChI is InChI=1S/C21H37N7O9/c1-10(2)8-11(22)17(33)26-12(4-3-7-25-21(23)24)18(34)27-13(5-6-15(29)30)19(35)28-14(20(36)37)9-16(31)32/h10-14H,3-9,22H2,1-2H3,(H,26,33)(H,27,34)(H,28,35)(H,29,30)(H,31,32)(H,36,37)(H4,23,24,25). The van der Waals surface area contributed by atoms with Crippen molar-refractivity contribution in [3.8, 4) is 0 Å². The fourth-order valence-electron chi connectivity index (χ4n) is 3.12. The minimum atomic E-state index is -1.82. The van der Waals surface area contributed by atoms with Gasteiger partial charge in [0.25, 0.3) is 0 Å². The number of carboxylic acid groups (broad SMARTS) is 3. The maximum absolute atomic E-state index is 13.0. The summed E-state index contributed by atoms with van der Waals surface area (Å²) in [4.78, 5) is 75.2. The lowest BCUT2D eigenvalue weighted by Gasteiger charge is -2.25. The van der Waals surface area contributed by atoms with Gasteiger partial charge in [-0.25, -0.2) is 4.79 Å². The molecule has 0 aliphatic rings. The maximum atomic E-state index is 13.0. The summed E-state index contributed by atoms with van der Waals surface area (Å²) in [6, 6.07) is -5.50. The molecule has 0 saturated heterocycles. The second-order valence-corrected chi connectivity index (χ2v) is 8.74. The molecule has 0 radical (unpaired) electrons. The molecule has 4 unspecified atom stereocenters. The molecule has 0 spiro atoms. The van der Waals surface area contributed by atoms with E-state index >= 15 is 0 Å². The highest BCUT2D eigenvalue weighted by Crippen LogP contribution is 2.07. The van der Waals surface area contributed by atoms with E-state index in [0.29, 0.717) is 6.42 Å². The van der Waals surface area contributed by atoms with Gasteiger partial charge in [0.1, 0.15) is 18.1 Å². The first-order chi connectivity index (χ1) is 17.1. The Labute approximate surface area is 213 Å². The predicted octanol–water partition coefficient (Wildman–Crippen LogP) is -2.71. The summed E-state index contributed by atoms with van der Waals surface area (Å²) in [5, 5.41) is 33.8. The molecule has 3 amide bonds. The third-order valence-corrected chi connectivity index (χ3v) is 4.91. The van der Waals surface area contributed by atoms with Gasteiger partial charge in [0, 0.05) is 13.0 Å². The molecule has 0 heterocycles. The molecule has 210 valence electrons. The van der Waals surface area contributed by atoms with E-state index < -0.39 is 79.1 Å². The average Bonchev–Trinajstić information content (AvgIpc) is 2.76. The van der Waals surface area contributed by atoms with E-state index in [2.05, 4.69) is 15.6 Å². The van der Waals surface area contributed by atoms with Crippen LogP contribution in [0.25, 0.3) is 0 Å². The number of rotatable bonds is 18. The molecule has 0 aromatic rings. The Morgan fingerprint density at radius 2 is 1.30 bits per heavy atom. The molecule has 0 bridgehead atoms. The third kappa shape index (κ3) is 14.9. The molecule has 0 aliphatic carbocycles. The zero-order valence-electron chi connectivity index (χ0n) is 20.8. The Bertz CT molecular complexity index is 859. The van der Waals surface area contributed by atoms with Crippen molar-refractivity contribution in [1.29, 1.82) is 0 Å². The first-order valence-corrected chi connectivity index (χ1v) is 11.5. The number of aliphatic carboxylic acids is 3. The minimum Gasteiger partial charge on any atom is -0.481 e. The number of amides is 3. The van der Waals surface area contributed by atoms with E-state index in [1.165, 1.54) is 0 Å². The lowest BCUT2D eigenvalue weighted by molar-refractivity contribution is -0.147. The molecule has 0 saturated carbocycles. The van der Waals surface area contributed by atoms with Crippen LogP contribution in [0, 0.1) is 5.92 Å². The van der Waals surface area contributed by atoms with Crippen LogP contribution in [0.1, 0.15) is 52.4 Å². The van der Waals surface area contributed by atoms with Crippen molar-refractivity contribution in [2.75, 3.05) is 6.54 Å². The van der Waals surface area contributed by atoms with Crippen LogP contribution in [0.15, 0.2) is 4.99 Å². The van der Waals surface area contributed by atoms with Crippen molar-refractivity contribution in [1.82, 2.24) is 16.0 Å². The van der Waals surface area contributed by atoms with E-state index in [0.717, 1.165) is 0 Å². The van der Waals surface area contributed by atoms with Crippen LogP contribution < -0.4 is 33.2 Å². The zero-order valence-corrected chi connectivity index (χ0v) is 20.8. The normalized spacial score (nSPS) is 13.9. The number of aliphatic imine (C=N–C) groups is 1. The monoisotopic (exact) mass is 531 g/mol. The Balaban J connectivity index is 5.71. The number of hydrogen-bond acceptors (Lipinski definition) is 8. The van der Waals surface area contributed by atoms with Gasteiger partial charge < -0.3 is 48.5 Å². The summed E-state index contributed by atoms with van der Waals surface area (Å²) in [6.07, 6.45) is -1.37. The van der Waals surface area contributed by atoms with Crippen LogP contribution in [-0.2, 0) is 28.8 Å². The predicted molar refractivity (Wildman–Crippen MR) is 130 cm³/mol. The van der Waals surface area contributed by atoms with E-state index in [9.17, 15) is 28.8 Å². The van der Waals surface area contributed by atoms with Gasteiger partial charge in [-0.3, -0.25) is 29.0 Å². The zero-order chi connectivity index (χ0) is 28.7. The molecule has 0 aromatic carbocycles. The second-order valence-electron chi connectivity index (χ2n) is 8.74. The summed E-state index contributed by atoms with van der Waals surface area (Å²) in [7, 11) is 0. The Kier molecular flexibility index (Phi) is 14.9. The van der Waals surface area contributed by atoms with Gasteiger partial charge in [-0.1, -0.05) is 13.8 Å². The third-order valence-electron chi connectivity index (χ3n) is 4.91. The van der Waals surface area contributed by atoms with Gasteiger partial charge in [-0.15, -0.1) is 0 Å². The molecule has 16 heteroatoms. The van der Waals surface area contributed by atoms with Crippen LogP contribution >= 0.6 is 0 Å². The lowest BCUT2D eigenvalue weighted by Crippen LogP contribution is -2.57. The number of nitrogens with zero attached hydrogens (tertiary/aromatic N) is 1. The fraction of sp³-hybridized carbons (Fsp3) is 0.667. The number of guanidine groups is 1. The Morgan fingerprint density at radius 1 is 0.784 bits per heavy atom. The summed E-state index contributed by atoms with van der Waals surface area (Å²) in [5.41, 5.74) is 16.4.